The van der Waals surface area contributed by atoms with Crippen LogP contribution in [0.2, 0.25) is 0 Å². The topological polar surface area (TPSA) is 59.1 Å². The Hall–Kier alpha value is -2.93. The van der Waals surface area contributed by atoms with Gasteiger partial charge in [0.05, 0.1) is 11.0 Å². The molecule has 0 aliphatic heterocycles. The Bertz CT molecular complexity index is 1140. The average Bonchev–Trinajstić information content (AvgIpc) is 3.27. The molecule has 1 saturated carbocycles. The fourth-order valence-corrected chi connectivity index (χ4v) is 3.45. The lowest BCUT2D eigenvalue weighted by molar-refractivity contribution is 0.402. The summed E-state index contributed by atoms with van der Waals surface area (Å²) >= 11 is 0. The average molecular weight is 365 g/mol. The van der Waals surface area contributed by atoms with Crippen LogP contribution in [0.25, 0.3) is 22.1 Å². The van der Waals surface area contributed by atoms with Crippen molar-refractivity contribution in [3.8, 4) is 0 Å². The first-order valence-corrected chi connectivity index (χ1v) is 9.05. The Labute approximate surface area is 155 Å². The molecule has 2 aromatic heterocycles. The van der Waals surface area contributed by atoms with Crippen LogP contribution in [0, 0.1) is 5.82 Å². The van der Waals surface area contributed by atoms with Crippen LogP contribution < -0.4 is 5.32 Å². The lowest BCUT2D eigenvalue weighted by Crippen LogP contribution is -2.10. The number of rotatable bonds is 5. The van der Waals surface area contributed by atoms with Gasteiger partial charge in [-0.2, -0.15) is 4.98 Å². The third kappa shape index (κ3) is 3.04. The van der Waals surface area contributed by atoms with Gasteiger partial charge in [0.2, 0.25) is 5.95 Å². The molecule has 138 valence electrons. The molecule has 0 spiro atoms. The Morgan fingerprint density at radius 3 is 2.78 bits per heavy atom. The van der Waals surface area contributed by atoms with E-state index >= 15 is 0 Å². The van der Waals surface area contributed by atoms with Crippen molar-refractivity contribution in [2.45, 2.75) is 25.4 Å². The maximum absolute atomic E-state index is 13.6. The van der Waals surface area contributed by atoms with E-state index in [2.05, 4.69) is 24.8 Å². The number of oxazole rings is 1. The van der Waals surface area contributed by atoms with Crippen molar-refractivity contribution < 1.29 is 8.81 Å². The minimum absolute atomic E-state index is 0.287. The van der Waals surface area contributed by atoms with Crippen LogP contribution in [-0.2, 0) is 6.54 Å². The summed E-state index contributed by atoms with van der Waals surface area (Å²) in [5.41, 5.74) is 4.25. The van der Waals surface area contributed by atoms with Gasteiger partial charge in [-0.3, -0.25) is 5.32 Å². The van der Waals surface area contributed by atoms with E-state index in [1.807, 2.05) is 32.3 Å². The number of hydrogen-bond donors (Lipinski definition) is 1. The number of imidazole rings is 1. The largest absolute Gasteiger partial charge is 0.423 e. The molecule has 1 fully saturated rings. The molecule has 1 aliphatic carbocycles. The first kappa shape index (κ1) is 16.3. The molecule has 5 rings (SSSR count). The van der Waals surface area contributed by atoms with Crippen molar-refractivity contribution in [1.82, 2.24) is 19.4 Å². The minimum atomic E-state index is -0.287. The smallest absolute Gasteiger partial charge is 0.302 e. The van der Waals surface area contributed by atoms with Gasteiger partial charge in [-0.25, -0.2) is 9.37 Å². The third-order valence-corrected chi connectivity index (χ3v) is 4.73. The molecule has 0 saturated heterocycles. The summed E-state index contributed by atoms with van der Waals surface area (Å²) in [7, 11) is 4.07. The van der Waals surface area contributed by atoms with E-state index in [1.165, 1.54) is 17.7 Å². The highest BCUT2D eigenvalue weighted by molar-refractivity contribution is 5.81. The summed E-state index contributed by atoms with van der Waals surface area (Å²) in [6.07, 6.45) is 2.19. The fourth-order valence-electron chi connectivity index (χ4n) is 3.45. The molecule has 0 bridgehead atoms. The second-order valence-corrected chi connectivity index (χ2v) is 7.35. The fraction of sp³-hybridized carbons (Fsp3) is 0.300. The number of nitrogens with zero attached hydrogens (tertiary/aromatic N) is 4. The van der Waals surface area contributed by atoms with E-state index in [9.17, 15) is 4.39 Å². The normalized spacial score (nSPS) is 14.5. The van der Waals surface area contributed by atoms with Crippen molar-refractivity contribution in [1.29, 1.82) is 0 Å². The Morgan fingerprint density at radius 2 is 2.00 bits per heavy atom. The zero-order chi connectivity index (χ0) is 18.5. The summed E-state index contributed by atoms with van der Waals surface area (Å²) in [6, 6.07) is 11.5. The first-order chi connectivity index (χ1) is 13.1. The maximum atomic E-state index is 13.6. The summed E-state index contributed by atoms with van der Waals surface area (Å²) < 4.78 is 21.5. The Morgan fingerprint density at radius 1 is 1.15 bits per heavy atom. The third-order valence-electron chi connectivity index (χ3n) is 4.73. The highest BCUT2D eigenvalue weighted by atomic mass is 19.1. The second-order valence-electron chi connectivity index (χ2n) is 7.35. The van der Waals surface area contributed by atoms with Gasteiger partial charge < -0.3 is 13.9 Å². The number of benzene rings is 2. The zero-order valence-electron chi connectivity index (χ0n) is 15.2. The molecular formula is C20H20FN5O. The molecule has 4 aromatic rings. The molecule has 0 atom stereocenters. The van der Waals surface area contributed by atoms with Crippen LogP contribution in [-0.4, -0.2) is 33.5 Å². The van der Waals surface area contributed by atoms with E-state index in [1.54, 1.807) is 6.07 Å². The molecule has 1 N–H and O–H groups in total. The van der Waals surface area contributed by atoms with Gasteiger partial charge in [-0.15, -0.1) is 0 Å². The van der Waals surface area contributed by atoms with Gasteiger partial charge in [0.1, 0.15) is 11.3 Å². The predicted molar refractivity (Wildman–Crippen MR) is 103 cm³/mol. The summed E-state index contributed by atoms with van der Waals surface area (Å²) in [5, 5.41) is 3.19. The molecular weight excluding hydrogens is 345 g/mol. The van der Waals surface area contributed by atoms with Crippen LogP contribution in [0.4, 0.5) is 16.4 Å². The quantitative estimate of drug-likeness (QED) is 0.566. The number of fused-ring (bicyclic) bond motifs is 2. The molecule has 6 nitrogen and oxygen atoms in total. The Balaban J connectivity index is 1.52. The number of nitrogens with one attached hydrogen (secondary N) is 1. The molecule has 2 heterocycles. The molecule has 0 radical (unpaired) electrons. The molecule has 0 unspecified atom stereocenters. The monoisotopic (exact) mass is 365 g/mol. The highest BCUT2D eigenvalue weighted by Crippen LogP contribution is 2.41. The predicted octanol–water partition coefficient (Wildman–Crippen LogP) is 4.46. The standard InChI is InChI=1S/C20H20FN5O/c1-25(2)11-12-3-8-18-16(9-12)23-20(27-18)24-19-22-15-10-13(21)4-7-17(15)26(19)14-5-6-14/h3-4,7-10,14H,5-6,11H2,1-2H3,(H,22,23,24). The molecule has 27 heavy (non-hydrogen) atoms. The molecule has 0 amide bonds. The van der Waals surface area contributed by atoms with Crippen molar-refractivity contribution in [2.75, 3.05) is 19.4 Å². The lowest BCUT2D eigenvalue weighted by Gasteiger charge is -2.08. The van der Waals surface area contributed by atoms with Gasteiger partial charge in [-0.05, 0) is 56.8 Å². The summed E-state index contributed by atoms with van der Waals surface area (Å²) in [6.45, 7) is 0.842. The van der Waals surface area contributed by atoms with Gasteiger partial charge in [-0.1, -0.05) is 6.07 Å². The van der Waals surface area contributed by atoms with E-state index in [-0.39, 0.29) is 5.82 Å². The van der Waals surface area contributed by atoms with E-state index < -0.39 is 0 Å². The number of anilines is 2. The van der Waals surface area contributed by atoms with Crippen LogP contribution in [0.3, 0.4) is 0 Å². The zero-order valence-corrected chi connectivity index (χ0v) is 15.2. The van der Waals surface area contributed by atoms with Gasteiger partial charge in [0.25, 0.3) is 0 Å². The Kier molecular flexibility index (Phi) is 3.65. The number of aromatic nitrogens is 3. The van der Waals surface area contributed by atoms with Crippen LogP contribution in [0.1, 0.15) is 24.4 Å². The van der Waals surface area contributed by atoms with Crippen molar-refractivity contribution in [2.24, 2.45) is 0 Å². The van der Waals surface area contributed by atoms with E-state index in [4.69, 9.17) is 4.42 Å². The second kappa shape index (κ2) is 6.06. The van der Waals surface area contributed by atoms with Crippen molar-refractivity contribution in [3.05, 3.63) is 47.8 Å². The summed E-state index contributed by atoms with van der Waals surface area (Å²) in [4.78, 5) is 11.2. The van der Waals surface area contributed by atoms with Crippen molar-refractivity contribution in [3.63, 3.8) is 0 Å². The molecule has 7 heteroatoms. The van der Waals surface area contributed by atoms with Crippen LogP contribution in [0.5, 0.6) is 0 Å². The van der Waals surface area contributed by atoms with Crippen molar-refractivity contribution >= 4 is 34.1 Å². The number of halogens is 1. The van der Waals surface area contributed by atoms with Gasteiger partial charge >= 0.3 is 6.01 Å². The summed E-state index contributed by atoms with van der Waals surface area (Å²) in [5.74, 6) is 0.350. The van der Waals surface area contributed by atoms with E-state index in [0.717, 1.165) is 36.0 Å². The SMILES string of the molecule is CN(C)Cc1ccc2oc(Nc3nc4cc(F)ccc4n3C3CC3)nc2c1. The van der Waals surface area contributed by atoms with Gasteiger partial charge in [0.15, 0.2) is 5.58 Å². The van der Waals surface area contributed by atoms with E-state index in [0.29, 0.717) is 23.5 Å². The maximum Gasteiger partial charge on any atom is 0.302 e. The number of hydrogen-bond acceptors (Lipinski definition) is 5. The van der Waals surface area contributed by atoms with Crippen LogP contribution in [0.15, 0.2) is 40.8 Å². The lowest BCUT2D eigenvalue weighted by atomic mass is 10.2. The minimum Gasteiger partial charge on any atom is -0.423 e. The highest BCUT2D eigenvalue weighted by Gasteiger charge is 2.29. The molecule has 1 aliphatic rings. The first-order valence-electron chi connectivity index (χ1n) is 9.05. The van der Waals surface area contributed by atoms with Gasteiger partial charge in [0, 0.05) is 18.7 Å². The van der Waals surface area contributed by atoms with Crippen LogP contribution >= 0.6 is 0 Å². The molecule has 2 aromatic carbocycles.